The molecule has 0 spiro atoms. The third-order valence-corrected chi connectivity index (χ3v) is 2.90. The average molecular weight is 221 g/mol. The number of hydrogen-bond donors (Lipinski definition) is 1. The second kappa shape index (κ2) is 5.26. The van der Waals surface area contributed by atoms with Crippen LogP contribution >= 0.6 is 12.6 Å². The lowest BCUT2D eigenvalue weighted by molar-refractivity contribution is 0.981. The number of nitrogens with zero attached hydrogens (tertiary/aromatic N) is 1. The minimum Gasteiger partial charge on any atom is -0.370 e. The Kier molecular flexibility index (Phi) is 4.28. The Bertz CT molecular complexity index is 358. The Labute approximate surface area is 98.2 Å². The highest BCUT2D eigenvalue weighted by Crippen LogP contribution is 2.20. The van der Waals surface area contributed by atoms with Crippen molar-refractivity contribution in [2.45, 2.75) is 13.8 Å². The maximum absolute atomic E-state index is 4.22. The molecule has 0 aromatic heterocycles. The van der Waals surface area contributed by atoms with Crippen molar-refractivity contribution in [1.29, 1.82) is 0 Å². The van der Waals surface area contributed by atoms with Gasteiger partial charge in [-0.2, -0.15) is 12.6 Å². The summed E-state index contributed by atoms with van der Waals surface area (Å²) in [5.74, 6) is 0.745. The third-order valence-electron chi connectivity index (χ3n) is 2.45. The lowest BCUT2D eigenvalue weighted by Crippen LogP contribution is -2.21. The number of benzene rings is 1. The van der Waals surface area contributed by atoms with E-state index in [0.29, 0.717) is 0 Å². The number of thiol groups is 1. The van der Waals surface area contributed by atoms with E-state index in [1.54, 1.807) is 0 Å². The molecule has 0 aliphatic rings. The summed E-state index contributed by atoms with van der Waals surface area (Å²) in [7, 11) is 2.09. The van der Waals surface area contributed by atoms with Gasteiger partial charge in [0.1, 0.15) is 0 Å². The van der Waals surface area contributed by atoms with E-state index in [4.69, 9.17) is 0 Å². The minimum atomic E-state index is 0.745. The van der Waals surface area contributed by atoms with Crippen molar-refractivity contribution in [3.63, 3.8) is 0 Å². The van der Waals surface area contributed by atoms with E-state index in [0.717, 1.165) is 17.9 Å². The zero-order valence-electron chi connectivity index (χ0n) is 9.75. The lowest BCUT2D eigenvalue weighted by Gasteiger charge is -2.22. The van der Waals surface area contributed by atoms with Gasteiger partial charge in [-0.3, -0.25) is 0 Å². The van der Waals surface area contributed by atoms with Gasteiger partial charge in [0.15, 0.2) is 0 Å². The smallest absolute Gasteiger partial charge is 0.0396 e. The van der Waals surface area contributed by atoms with Crippen molar-refractivity contribution < 1.29 is 0 Å². The third kappa shape index (κ3) is 3.31. The first-order valence-electron chi connectivity index (χ1n) is 5.10. The zero-order valence-corrected chi connectivity index (χ0v) is 10.6. The topological polar surface area (TPSA) is 3.24 Å². The predicted molar refractivity (Wildman–Crippen MR) is 72.2 cm³/mol. The van der Waals surface area contributed by atoms with Crippen LogP contribution in [0, 0.1) is 13.8 Å². The molecule has 0 unspecified atom stereocenters. The fourth-order valence-corrected chi connectivity index (χ4v) is 1.80. The van der Waals surface area contributed by atoms with Gasteiger partial charge in [-0.1, -0.05) is 24.3 Å². The first kappa shape index (κ1) is 12.2. The van der Waals surface area contributed by atoms with Crippen LogP contribution in [0.1, 0.15) is 11.1 Å². The molecule has 0 aliphatic heterocycles. The average Bonchev–Trinajstić information content (AvgIpc) is 2.17. The van der Waals surface area contributed by atoms with E-state index in [-0.39, 0.29) is 0 Å². The number of aryl methyl sites for hydroxylation is 2. The van der Waals surface area contributed by atoms with Crippen LogP contribution < -0.4 is 4.90 Å². The SMILES string of the molecule is C=C(CS)CN(C)c1ccc(C)cc1C. The molecule has 0 radical (unpaired) electrons. The van der Waals surface area contributed by atoms with Gasteiger partial charge >= 0.3 is 0 Å². The largest absolute Gasteiger partial charge is 0.370 e. The van der Waals surface area contributed by atoms with Gasteiger partial charge in [0.05, 0.1) is 0 Å². The Hall–Kier alpha value is -0.890. The van der Waals surface area contributed by atoms with Crippen molar-refractivity contribution in [3.8, 4) is 0 Å². The van der Waals surface area contributed by atoms with E-state index in [1.807, 2.05) is 0 Å². The molecule has 0 aliphatic carbocycles. The van der Waals surface area contributed by atoms with Gasteiger partial charge in [-0.05, 0) is 31.1 Å². The van der Waals surface area contributed by atoms with Crippen LogP contribution in [0.2, 0.25) is 0 Å². The van der Waals surface area contributed by atoms with Gasteiger partial charge in [0.2, 0.25) is 0 Å². The summed E-state index contributed by atoms with van der Waals surface area (Å²) in [5.41, 5.74) is 5.02. The van der Waals surface area contributed by atoms with Crippen molar-refractivity contribution in [2.24, 2.45) is 0 Å². The van der Waals surface area contributed by atoms with Crippen LogP contribution in [0.15, 0.2) is 30.4 Å². The van der Waals surface area contributed by atoms with E-state index >= 15 is 0 Å². The number of hydrogen-bond acceptors (Lipinski definition) is 2. The summed E-state index contributed by atoms with van der Waals surface area (Å²) < 4.78 is 0. The first-order chi connectivity index (χ1) is 7.04. The van der Waals surface area contributed by atoms with Crippen LogP contribution in [-0.4, -0.2) is 19.3 Å². The Morgan fingerprint density at radius 1 is 1.40 bits per heavy atom. The summed E-state index contributed by atoms with van der Waals surface area (Å²) in [6.07, 6.45) is 0. The van der Waals surface area contributed by atoms with Crippen molar-refractivity contribution >= 4 is 18.3 Å². The molecule has 0 amide bonds. The Balaban J connectivity index is 2.82. The highest BCUT2D eigenvalue weighted by atomic mass is 32.1. The second-order valence-electron chi connectivity index (χ2n) is 4.05. The number of anilines is 1. The number of likely N-dealkylation sites (N-methyl/N-ethyl adjacent to an activating group) is 1. The van der Waals surface area contributed by atoms with Gasteiger partial charge in [0, 0.05) is 25.0 Å². The van der Waals surface area contributed by atoms with Crippen LogP contribution in [0.3, 0.4) is 0 Å². The zero-order chi connectivity index (χ0) is 11.4. The monoisotopic (exact) mass is 221 g/mol. The molecule has 1 aromatic rings. The normalized spacial score (nSPS) is 10.1. The molecular formula is C13H19NS. The summed E-state index contributed by atoms with van der Waals surface area (Å²) in [5, 5.41) is 0. The van der Waals surface area contributed by atoms with Gasteiger partial charge in [0.25, 0.3) is 0 Å². The summed E-state index contributed by atoms with van der Waals surface area (Å²) in [6.45, 7) is 9.09. The molecule has 0 heterocycles. The second-order valence-corrected chi connectivity index (χ2v) is 4.37. The fraction of sp³-hybridized carbons (Fsp3) is 0.385. The first-order valence-corrected chi connectivity index (χ1v) is 5.73. The maximum atomic E-state index is 4.22. The Morgan fingerprint density at radius 2 is 2.07 bits per heavy atom. The van der Waals surface area contributed by atoms with Gasteiger partial charge < -0.3 is 4.90 Å². The van der Waals surface area contributed by atoms with Crippen molar-refractivity contribution in [1.82, 2.24) is 0 Å². The highest BCUT2D eigenvalue weighted by molar-refractivity contribution is 7.80. The minimum absolute atomic E-state index is 0.745. The van der Waals surface area contributed by atoms with E-state index in [9.17, 15) is 0 Å². The molecule has 15 heavy (non-hydrogen) atoms. The van der Waals surface area contributed by atoms with Gasteiger partial charge in [-0.15, -0.1) is 0 Å². The molecule has 0 saturated heterocycles. The summed E-state index contributed by atoms with van der Waals surface area (Å²) >= 11 is 4.22. The lowest BCUT2D eigenvalue weighted by atomic mass is 10.1. The number of rotatable bonds is 4. The molecule has 0 atom stereocenters. The molecule has 1 nitrogen and oxygen atoms in total. The summed E-state index contributed by atoms with van der Waals surface area (Å²) in [6, 6.07) is 6.51. The van der Waals surface area contributed by atoms with Crippen LogP contribution in [0.5, 0.6) is 0 Å². The fourth-order valence-electron chi connectivity index (χ4n) is 1.70. The van der Waals surface area contributed by atoms with E-state index in [1.165, 1.54) is 16.8 Å². The standard InChI is InChI=1S/C13H19NS/c1-10-5-6-13(12(3)7-10)14(4)8-11(2)9-15/h5-7,15H,2,8-9H2,1,3-4H3. The molecule has 82 valence electrons. The molecule has 0 fully saturated rings. The molecule has 0 bridgehead atoms. The van der Waals surface area contributed by atoms with E-state index in [2.05, 4.69) is 63.2 Å². The molecule has 1 rings (SSSR count). The molecule has 0 saturated carbocycles. The highest BCUT2D eigenvalue weighted by Gasteiger charge is 2.05. The molecular weight excluding hydrogens is 202 g/mol. The van der Waals surface area contributed by atoms with Crippen LogP contribution in [0.25, 0.3) is 0 Å². The predicted octanol–water partition coefficient (Wildman–Crippen LogP) is 3.23. The molecule has 2 heteroatoms. The van der Waals surface area contributed by atoms with Crippen LogP contribution in [0.4, 0.5) is 5.69 Å². The molecule has 1 aromatic carbocycles. The maximum Gasteiger partial charge on any atom is 0.0396 e. The quantitative estimate of drug-likeness (QED) is 0.603. The molecule has 0 N–H and O–H groups in total. The van der Waals surface area contributed by atoms with Crippen LogP contribution in [-0.2, 0) is 0 Å². The Morgan fingerprint density at radius 3 is 2.60 bits per heavy atom. The van der Waals surface area contributed by atoms with E-state index < -0.39 is 0 Å². The van der Waals surface area contributed by atoms with Crippen molar-refractivity contribution in [3.05, 3.63) is 41.5 Å². The van der Waals surface area contributed by atoms with Crippen molar-refractivity contribution in [2.75, 3.05) is 24.2 Å². The van der Waals surface area contributed by atoms with Gasteiger partial charge in [-0.25, -0.2) is 0 Å². The summed E-state index contributed by atoms with van der Waals surface area (Å²) in [4.78, 5) is 2.22.